The van der Waals surface area contributed by atoms with Crippen LogP contribution in [0.4, 0.5) is 0 Å². The van der Waals surface area contributed by atoms with E-state index in [4.69, 9.17) is 0 Å². The molecule has 0 radical (unpaired) electrons. The Morgan fingerprint density at radius 3 is 2.78 bits per heavy atom. The first-order chi connectivity index (χ1) is 8.78. The number of rotatable bonds is 5. The van der Waals surface area contributed by atoms with Gasteiger partial charge in [-0.25, -0.2) is 0 Å². The molecule has 2 nitrogen and oxygen atoms in total. The van der Waals surface area contributed by atoms with Crippen molar-refractivity contribution in [1.29, 1.82) is 0 Å². The van der Waals surface area contributed by atoms with E-state index in [9.17, 15) is 0 Å². The Kier molecular flexibility index (Phi) is 5.50. The predicted octanol–water partition coefficient (Wildman–Crippen LogP) is 3.28. The zero-order valence-corrected chi connectivity index (χ0v) is 12.5. The van der Waals surface area contributed by atoms with Crippen LogP contribution in [-0.2, 0) is 0 Å². The number of hydrogen-bond acceptors (Lipinski definition) is 2. The summed E-state index contributed by atoms with van der Waals surface area (Å²) >= 11 is 0. The highest BCUT2D eigenvalue weighted by Crippen LogP contribution is 2.32. The van der Waals surface area contributed by atoms with Crippen molar-refractivity contribution in [1.82, 2.24) is 10.2 Å². The van der Waals surface area contributed by atoms with Crippen molar-refractivity contribution in [2.45, 2.75) is 58.8 Å². The van der Waals surface area contributed by atoms with E-state index in [-0.39, 0.29) is 0 Å². The highest BCUT2D eigenvalue weighted by Gasteiger charge is 2.34. The van der Waals surface area contributed by atoms with Crippen LogP contribution in [0.5, 0.6) is 0 Å². The van der Waals surface area contributed by atoms with Gasteiger partial charge in [-0.3, -0.25) is 0 Å². The fraction of sp³-hybridized carbons (Fsp3) is 1.00. The van der Waals surface area contributed by atoms with Crippen LogP contribution in [0, 0.1) is 11.3 Å². The van der Waals surface area contributed by atoms with Crippen LogP contribution >= 0.6 is 0 Å². The van der Waals surface area contributed by atoms with Crippen molar-refractivity contribution in [2.75, 3.05) is 32.7 Å². The molecule has 18 heavy (non-hydrogen) atoms. The Balaban J connectivity index is 1.82. The fourth-order valence-electron chi connectivity index (χ4n) is 3.90. The number of likely N-dealkylation sites (tertiary alicyclic amines) is 1. The van der Waals surface area contributed by atoms with Gasteiger partial charge in [-0.1, -0.05) is 26.7 Å². The third-order valence-electron chi connectivity index (χ3n) is 5.28. The van der Waals surface area contributed by atoms with Gasteiger partial charge in [0.25, 0.3) is 0 Å². The molecular weight excluding hydrogens is 220 g/mol. The molecule has 2 atom stereocenters. The van der Waals surface area contributed by atoms with Gasteiger partial charge in [0.05, 0.1) is 0 Å². The van der Waals surface area contributed by atoms with Crippen molar-refractivity contribution < 1.29 is 0 Å². The maximum Gasteiger partial charge on any atom is 0.00505 e. The molecular formula is C16H32N2. The standard InChI is InChI=1S/C16H32N2/c1-3-6-15-7-5-11-18(12-8-15)14-16(4-2)9-10-17-13-16/h15,17H,3-14H2,1-2H3. The largest absolute Gasteiger partial charge is 0.316 e. The summed E-state index contributed by atoms with van der Waals surface area (Å²) in [5.74, 6) is 1.01. The van der Waals surface area contributed by atoms with E-state index in [1.54, 1.807) is 0 Å². The normalized spacial score (nSPS) is 34.7. The number of nitrogens with one attached hydrogen (secondary N) is 1. The lowest BCUT2D eigenvalue weighted by atomic mass is 9.83. The van der Waals surface area contributed by atoms with Gasteiger partial charge in [0, 0.05) is 13.1 Å². The van der Waals surface area contributed by atoms with Crippen LogP contribution in [0.1, 0.15) is 58.8 Å². The van der Waals surface area contributed by atoms with Crippen LogP contribution in [0.2, 0.25) is 0 Å². The van der Waals surface area contributed by atoms with Gasteiger partial charge in [-0.15, -0.1) is 0 Å². The monoisotopic (exact) mass is 252 g/mol. The lowest BCUT2D eigenvalue weighted by Gasteiger charge is -2.33. The van der Waals surface area contributed by atoms with Gasteiger partial charge < -0.3 is 10.2 Å². The van der Waals surface area contributed by atoms with E-state index in [0.29, 0.717) is 5.41 Å². The van der Waals surface area contributed by atoms with E-state index in [1.165, 1.54) is 77.7 Å². The minimum absolute atomic E-state index is 0.588. The van der Waals surface area contributed by atoms with Gasteiger partial charge >= 0.3 is 0 Å². The van der Waals surface area contributed by atoms with Crippen LogP contribution in [-0.4, -0.2) is 37.6 Å². The third kappa shape index (κ3) is 3.71. The molecule has 2 aliphatic rings. The smallest absolute Gasteiger partial charge is 0.00505 e. The molecule has 0 aromatic carbocycles. The Labute approximate surface area is 114 Å². The summed E-state index contributed by atoms with van der Waals surface area (Å²) < 4.78 is 0. The van der Waals surface area contributed by atoms with Crippen molar-refractivity contribution in [3.8, 4) is 0 Å². The second-order valence-electron chi connectivity index (χ2n) is 6.64. The summed E-state index contributed by atoms with van der Waals surface area (Å²) in [7, 11) is 0. The van der Waals surface area contributed by atoms with Gasteiger partial charge in [-0.2, -0.15) is 0 Å². The molecule has 0 aromatic heterocycles. The minimum Gasteiger partial charge on any atom is -0.316 e. The molecule has 2 rings (SSSR count). The summed E-state index contributed by atoms with van der Waals surface area (Å²) in [5, 5.41) is 3.57. The third-order valence-corrected chi connectivity index (χ3v) is 5.28. The predicted molar refractivity (Wildman–Crippen MR) is 78.9 cm³/mol. The van der Waals surface area contributed by atoms with Crippen molar-refractivity contribution in [3.63, 3.8) is 0 Å². The fourth-order valence-corrected chi connectivity index (χ4v) is 3.90. The van der Waals surface area contributed by atoms with Crippen LogP contribution in [0.15, 0.2) is 0 Å². The van der Waals surface area contributed by atoms with Gasteiger partial charge in [0.1, 0.15) is 0 Å². The summed E-state index contributed by atoms with van der Waals surface area (Å²) in [6.07, 6.45) is 9.90. The SMILES string of the molecule is CCCC1CCCN(CC2(CC)CCNC2)CC1. The summed E-state index contributed by atoms with van der Waals surface area (Å²) in [4.78, 5) is 2.77. The summed E-state index contributed by atoms with van der Waals surface area (Å²) in [5.41, 5.74) is 0.588. The zero-order valence-electron chi connectivity index (χ0n) is 12.5. The van der Waals surface area contributed by atoms with E-state index in [2.05, 4.69) is 24.1 Å². The molecule has 106 valence electrons. The zero-order chi connectivity index (χ0) is 12.8. The first-order valence-corrected chi connectivity index (χ1v) is 8.21. The summed E-state index contributed by atoms with van der Waals surface area (Å²) in [6.45, 7) is 11.2. The molecule has 1 N–H and O–H groups in total. The lowest BCUT2D eigenvalue weighted by molar-refractivity contribution is 0.161. The molecule has 2 saturated heterocycles. The van der Waals surface area contributed by atoms with Gasteiger partial charge in [-0.05, 0) is 63.1 Å². The summed E-state index contributed by atoms with van der Waals surface area (Å²) in [6, 6.07) is 0. The molecule has 0 saturated carbocycles. The number of hydrogen-bond donors (Lipinski definition) is 1. The van der Waals surface area contributed by atoms with E-state index < -0.39 is 0 Å². The number of nitrogens with zero attached hydrogens (tertiary/aromatic N) is 1. The molecule has 0 bridgehead atoms. The van der Waals surface area contributed by atoms with Crippen LogP contribution in [0.3, 0.4) is 0 Å². The highest BCUT2D eigenvalue weighted by molar-refractivity contribution is 4.90. The molecule has 0 spiro atoms. The van der Waals surface area contributed by atoms with Crippen molar-refractivity contribution >= 4 is 0 Å². The highest BCUT2D eigenvalue weighted by atomic mass is 15.1. The molecule has 2 heteroatoms. The lowest BCUT2D eigenvalue weighted by Crippen LogP contribution is -2.39. The van der Waals surface area contributed by atoms with Gasteiger partial charge in [0.2, 0.25) is 0 Å². The molecule has 2 fully saturated rings. The molecule has 2 unspecified atom stereocenters. The maximum atomic E-state index is 3.57. The van der Waals surface area contributed by atoms with Gasteiger partial charge in [0.15, 0.2) is 0 Å². The van der Waals surface area contributed by atoms with Crippen molar-refractivity contribution in [3.05, 3.63) is 0 Å². The second-order valence-corrected chi connectivity index (χ2v) is 6.64. The molecule has 2 heterocycles. The van der Waals surface area contributed by atoms with Crippen LogP contribution < -0.4 is 5.32 Å². The molecule has 2 aliphatic heterocycles. The first kappa shape index (κ1) is 14.3. The molecule has 0 amide bonds. The Bertz CT molecular complexity index is 233. The first-order valence-electron chi connectivity index (χ1n) is 8.21. The topological polar surface area (TPSA) is 15.3 Å². The van der Waals surface area contributed by atoms with E-state index in [0.717, 1.165) is 5.92 Å². The van der Waals surface area contributed by atoms with Crippen molar-refractivity contribution in [2.24, 2.45) is 11.3 Å². The minimum atomic E-state index is 0.588. The Hall–Kier alpha value is -0.0800. The average molecular weight is 252 g/mol. The molecule has 0 aliphatic carbocycles. The maximum absolute atomic E-state index is 3.57. The van der Waals surface area contributed by atoms with Crippen LogP contribution in [0.25, 0.3) is 0 Å². The second kappa shape index (κ2) is 6.91. The van der Waals surface area contributed by atoms with E-state index in [1.807, 2.05) is 0 Å². The van der Waals surface area contributed by atoms with E-state index >= 15 is 0 Å². The Morgan fingerprint density at radius 2 is 2.11 bits per heavy atom. The molecule has 0 aromatic rings. The average Bonchev–Trinajstić information content (AvgIpc) is 2.74. The Morgan fingerprint density at radius 1 is 1.22 bits per heavy atom. The quantitative estimate of drug-likeness (QED) is 0.808.